The van der Waals surface area contributed by atoms with E-state index in [4.69, 9.17) is 15.2 Å². The number of hydrogen-bond acceptors (Lipinski definition) is 3. The van der Waals surface area contributed by atoms with E-state index in [0.29, 0.717) is 0 Å². The molecule has 108 valence electrons. The molecule has 0 aromatic heterocycles. The number of unbranched alkanes of at least 4 members (excludes halogenated alkanes) is 4. The minimum atomic E-state index is 0.0201. The zero-order valence-corrected chi connectivity index (χ0v) is 12.4. The maximum Gasteiger partial charge on any atom is 0.123 e. The molecule has 0 aliphatic heterocycles. The van der Waals surface area contributed by atoms with Gasteiger partial charge in [0.25, 0.3) is 0 Å². The Hall–Kier alpha value is -1.22. The highest BCUT2D eigenvalue weighted by molar-refractivity contribution is 5.42. The third-order valence-electron chi connectivity index (χ3n) is 3.46. The van der Waals surface area contributed by atoms with Crippen molar-refractivity contribution in [1.29, 1.82) is 0 Å². The van der Waals surface area contributed by atoms with Crippen LogP contribution in [0.15, 0.2) is 18.2 Å². The first kappa shape index (κ1) is 15.8. The summed E-state index contributed by atoms with van der Waals surface area (Å²) < 4.78 is 10.6. The molecular formula is C16H27NO2. The Kier molecular flexibility index (Phi) is 7.34. The van der Waals surface area contributed by atoms with E-state index in [2.05, 4.69) is 6.92 Å². The molecule has 0 saturated carbocycles. The first-order valence-electron chi connectivity index (χ1n) is 7.20. The Morgan fingerprint density at radius 1 is 1.05 bits per heavy atom. The minimum absolute atomic E-state index is 0.0201. The maximum absolute atomic E-state index is 6.27. The van der Waals surface area contributed by atoms with E-state index in [1.54, 1.807) is 14.2 Å². The number of nitrogens with two attached hydrogens (primary N) is 1. The smallest absolute Gasteiger partial charge is 0.123 e. The molecule has 0 aliphatic rings. The van der Waals surface area contributed by atoms with Crippen LogP contribution in [-0.4, -0.2) is 14.2 Å². The van der Waals surface area contributed by atoms with Gasteiger partial charge in [-0.05, 0) is 24.6 Å². The van der Waals surface area contributed by atoms with E-state index < -0.39 is 0 Å². The van der Waals surface area contributed by atoms with E-state index >= 15 is 0 Å². The van der Waals surface area contributed by atoms with Crippen LogP contribution in [0.25, 0.3) is 0 Å². The van der Waals surface area contributed by atoms with E-state index in [1.165, 1.54) is 32.1 Å². The lowest BCUT2D eigenvalue weighted by molar-refractivity contribution is 0.393. The van der Waals surface area contributed by atoms with E-state index in [-0.39, 0.29) is 6.04 Å². The standard InChI is InChI=1S/C16H27NO2/c1-4-5-6-7-8-9-15(17)14-12-13(18-2)10-11-16(14)19-3/h10-12,15H,4-9,17H2,1-3H3. The van der Waals surface area contributed by atoms with Crippen LogP contribution in [0.4, 0.5) is 0 Å². The molecule has 1 aromatic rings. The molecule has 0 saturated heterocycles. The largest absolute Gasteiger partial charge is 0.497 e. The highest BCUT2D eigenvalue weighted by atomic mass is 16.5. The summed E-state index contributed by atoms with van der Waals surface area (Å²) in [5.74, 6) is 1.68. The fourth-order valence-electron chi connectivity index (χ4n) is 2.25. The van der Waals surface area contributed by atoms with Crippen molar-refractivity contribution in [3.8, 4) is 11.5 Å². The van der Waals surface area contributed by atoms with Crippen LogP contribution in [0.1, 0.15) is 57.1 Å². The van der Waals surface area contributed by atoms with Crippen molar-refractivity contribution in [3.63, 3.8) is 0 Å². The zero-order valence-electron chi connectivity index (χ0n) is 12.4. The predicted molar refractivity (Wildman–Crippen MR) is 79.9 cm³/mol. The normalized spacial score (nSPS) is 12.2. The highest BCUT2D eigenvalue weighted by Gasteiger charge is 2.12. The molecule has 0 heterocycles. The van der Waals surface area contributed by atoms with Crippen LogP contribution in [0.5, 0.6) is 11.5 Å². The van der Waals surface area contributed by atoms with Gasteiger partial charge in [-0.15, -0.1) is 0 Å². The van der Waals surface area contributed by atoms with Crippen LogP contribution in [-0.2, 0) is 0 Å². The lowest BCUT2D eigenvalue weighted by Crippen LogP contribution is -2.11. The fourth-order valence-corrected chi connectivity index (χ4v) is 2.25. The molecule has 19 heavy (non-hydrogen) atoms. The summed E-state index contributed by atoms with van der Waals surface area (Å²) in [5, 5.41) is 0. The van der Waals surface area contributed by atoms with Gasteiger partial charge in [-0.3, -0.25) is 0 Å². The van der Waals surface area contributed by atoms with Gasteiger partial charge in [0.15, 0.2) is 0 Å². The van der Waals surface area contributed by atoms with Gasteiger partial charge in [-0.1, -0.05) is 39.0 Å². The van der Waals surface area contributed by atoms with E-state index in [9.17, 15) is 0 Å². The molecule has 3 heteroatoms. The Labute approximate surface area is 117 Å². The number of rotatable bonds is 9. The first-order chi connectivity index (χ1) is 9.22. The van der Waals surface area contributed by atoms with Crippen LogP contribution in [0.3, 0.4) is 0 Å². The topological polar surface area (TPSA) is 44.5 Å². The zero-order chi connectivity index (χ0) is 14.1. The van der Waals surface area contributed by atoms with E-state index in [0.717, 1.165) is 23.5 Å². The van der Waals surface area contributed by atoms with E-state index in [1.807, 2.05) is 18.2 Å². The van der Waals surface area contributed by atoms with Gasteiger partial charge in [0.1, 0.15) is 11.5 Å². The van der Waals surface area contributed by atoms with Gasteiger partial charge >= 0.3 is 0 Å². The van der Waals surface area contributed by atoms with Crippen molar-refractivity contribution in [2.75, 3.05) is 14.2 Å². The fraction of sp³-hybridized carbons (Fsp3) is 0.625. The molecule has 1 atom stereocenters. The predicted octanol–water partition coefficient (Wildman–Crippen LogP) is 4.06. The summed E-state index contributed by atoms with van der Waals surface area (Å²) in [6.07, 6.45) is 7.31. The van der Waals surface area contributed by atoms with Crippen molar-refractivity contribution < 1.29 is 9.47 Å². The third-order valence-corrected chi connectivity index (χ3v) is 3.46. The second kappa shape index (κ2) is 8.81. The molecule has 1 unspecified atom stereocenters. The average molecular weight is 265 g/mol. The second-order valence-electron chi connectivity index (χ2n) is 4.92. The minimum Gasteiger partial charge on any atom is -0.497 e. The van der Waals surface area contributed by atoms with Crippen LogP contribution in [0.2, 0.25) is 0 Å². The molecule has 0 aliphatic carbocycles. The molecule has 0 amide bonds. The van der Waals surface area contributed by atoms with Crippen molar-refractivity contribution in [3.05, 3.63) is 23.8 Å². The van der Waals surface area contributed by atoms with Crippen LogP contribution >= 0.6 is 0 Å². The summed E-state index contributed by atoms with van der Waals surface area (Å²) in [4.78, 5) is 0. The maximum atomic E-state index is 6.27. The lowest BCUT2D eigenvalue weighted by Gasteiger charge is -2.16. The highest BCUT2D eigenvalue weighted by Crippen LogP contribution is 2.30. The van der Waals surface area contributed by atoms with Gasteiger partial charge < -0.3 is 15.2 Å². The van der Waals surface area contributed by atoms with Gasteiger partial charge in [-0.25, -0.2) is 0 Å². The summed E-state index contributed by atoms with van der Waals surface area (Å²) in [6.45, 7) is 2.23. The van der Waals surface area contributed by atoms with Gasteiger partial charge in [0, 0.05) is 11.6 Å². The monoisotopic (exact) mass is 265 g/mol. The summed E-state index contributed by atoms with van der Waals surface area (Å²) in [7, 11) is 3.35. The summed E-state index contributed by atoms with van der Waals surface area (Å²) in [6, 6.07) is 5.82. The SMILES string of the molecule is CCCCCCCC(N)c1cc(OC)ccc1OC. The molecular weight excluding hydrogens is 238 g/mol. The molecule has 1 rings (SSSR count). The van der Waals surface area contributed by atoms with Gasteiger partial charge in [0.2, 0.25) is 0 Å². The quantitative estimate of drug-likeness (QED) is 0.685. The number of benzene rings is 1. The molecule has 3 nitrogen and oxygen atoms in total. The Balaban J connectivity index is 2.56. The molecule has 0 radical (unpaired) electrons. The number of hydrogen-bond donors (Lipinski definition) is 1. The first-order valence-corrected chi connectivity index (χ1v) is 7.20. The average Bonchev–Trinajstić information content (AvgIpc) is 2.46. The molecule has 0 fully saturated rings. The second-order valence-corrected chi connectivity index (χ2v) is 4.92. The Bertz CT molecular complexity index is 366. The molecule has 0 bridgehead atoms. The molecule has 1 aromatic carbocycles. The van der Waals surface area contributed by atoms with Crippen molar-refractivity contribution in [2.45, 2.75) is 51.5 Å². The summed E-state index contributed by atoms with van der Waals surface area (Å²) in [5.41, 5.74) is 7.31. The van der Waals surface area contributed by atoms with Gasteiger partial charge in [-0.2, -0.15) is 0 Å². The number of methoxy groups -OCH3 is 2. The third kappa shape index (κ3) is 5.11. The van der Waals surface area contributed by atoms with Crippen LogP contribution in [0, 0.1) is 0 Å². The molecule has 0 spiro atoms. The number of ether oxygens (including phenoxy) is 2. The van der Waals surface area contributed by atoms with Crippen molar-refractivity contribution in [2.24, 2.45) is 5.73 Å². The van der Waals surface area contributed by atoms with Gasteiger partial charge in [0.05, 0.1) is 14.2 Å². The Morgan fingerprint density at radius 2 is 1.79 bits per heavy atom. The van der Waals surface area contributed by atoms with Crippen LogP contribution < -0.4 is 15.2 Å². The van der Waals surface area contributed by atoms with Crippen molar-refractivity contribution >= 4 is 0 Å². The lowest BCUT2D eigenvalue weighted by atomic mass is 9.99. The van der Waals surface area contributed by atoms with Crippen molar-refractivity contribution in [1.82, 2.24) is 0 Å². The Morgan fingerprint density at radius 3 is 2.42 bits per heavy atom. The summed E-state index contributed by atoms with van der Waals surface area (Å²) >= 11 is 0. The molecule has 2 N–H and O–H groups in total.